The fourth-order valence-electron chi connectivity index (χ4n) is 1.72. The second-order valence-electron chi connectivity index (χ2n) is 4.24. The van der Waals surface area contributed by atoms with E-state index >= 15 is 0 Å². The molecule has 2 rings (SSSR count). The highest BCUT2D eigenvalue weighted by Crippen LogP contribution is 2.19. The molecule has 2 aromatic rings. The van der Waals surface area contributed by atoms with Crippen molar-refractivity contribution in [2.45, 2.75) is 25.9 Å². The van der Waals surface area contributed by atoms with Gasteiger partial charge < -0.3 is 14.5 Å². The van der Waals surface area contributed by atoms with E-state index in [0.29, 0.717) is 6.42 Å². The van der Waals surface area contributed by atoms with Gasteiger partial charge in [-0.05, 0) is 31.2 Å². The quantitative estimate of drug-likeness (QED) is 0.826. The van der Waals surface area contributed by atoms with E-state index < -0.39 is 0 Å². The third kappa shape index (κ3) is 3.94. The maximum absolute atomic E-state index is 11.2. The van der Waals surface area contributed by atoms with Crippen molar-refractivity contribution in [1.29, 1.82) is 0 Å². The summed E-state index contributed by atoms with van der Waals surface area (Å²) in [5.74, 6) is 0.719. The van der Waals surface area contributed by atoms with Crippen molar-refractivity contribution in [3.05, 3.63) is 46.0 Å². The van der Waals surface area contributed by atoms with E-state index in [4.69, 9.17) is 4.42 Å². The van der Waals surface area contributed by atoms with Gasteiger partial charge in [-0.25, -0.2) is 0 Å². The number of methoxy groups -OCH3 is 1. The Bertz CT molecular complexity index is 519. The lowest BCUT2D eigenvalue weighted by molar-refractivity contribution is -0.139. The van der Waals surface area contributed by atoms with E-state index in [1.54, 1.807) is 17.6 Å². The highest BCUT2D eigenvalue weighted by molar-refractivity contribution is 7.12. The fourth-order valence-corrected chi connectivity index (χ4v) is 2.67. The third-order valence-corrected chi connectivity index (χ3v) is 3.90. The Balaban J connectivity index is 1.85. The molecular formula is C14H17NO3S. The molecule has 1 atom stereocenters. The van der Waals surface area contributed by atoms with E-state index in [1.165, 1.54) is 12.0 Å². The number of rotatable bonds is 6. The summed E-state index contributed by atoms with van der Waals surface area (Å²) < 4.78 is 9.99. The van der Waals surface area contributed by atoms with Gasteiger partial charge in [-0.2, -0.15) is 0 Å². The first-order valence-corrected chi connectivity index (χ1v) is 6.92. The molecule has 0 amide bonds. The second kappa shape index (κ2) is 6.54. The molecule has 0 aliphatic heterocycles. The van der Waals surface area contributed by atoms with Crippen LogP contribution >= 0.6 is 11.3 Å². The van der Waals surface area contributed by atoms with Crippen LogP contribution in [-0.2, 0) is 22.5 Å². The lowest BCUT2D eigenvalue weighted by atomic mass is 10.2. The van der Waals surface area contributed by atoms with Gasteiger partial charge in [-0.3, -0.25) is 4.79 Å². The van der Waals surface area contributed by atoms with Crippen molar-refractivity contribution in [2.75, 3.05) is 7.11 Å². The summed E-state index contributed by atoms with van der Waals surface area (Å²) >= 11 is 1.62. The van der Waals surface area contributed by atoms with Gasteiger partial charge in [0.2, 0.25) is 0 Å². The minimum Gasteiger partial charge on any atom is -0.469 e. The Morgan fingerprint density at radius 1 is 1.42 bits per heavy atom. The fraction of sp³-hybridized carbons (Fsp3) is 0.357. The molecule has 4 nitrogen and oxygen atoms in total. The van der Waals surface area contributed by atoms with Gasteiger partial charge >= 0.3 is 5.97 Å². The molecule has 0 radical (unpaired) electrons. The van der Waals surface area contributed by atoms with Crippen LogP contribution in [0.3, 0.4) is 0 Å². The zero-order valence-electron chi connectivity index (χ0n) is 11.0. The van der Waals surface area contributed by atoms with E-state index in [-0.39, 0.29) is 12.0 Å². The van der Waals surface area contributed by atoms with Gasteiger partial charge in [0.25, 0.3) is 0 Å². The minimum atomic E-state index is -0.203. The second-order valence-corrected chi connectivity index (χ2v) is 5.49. The maximum Gasteiger partial charge on any atom is 0.310 e. The summed E-state index contributed by atoms with van der Waals surface area (Å²) in [4.78, 5) is 13.4. The van der Waals surface area contributed by atoms with Crippen LogP contribution in [0.1, 0.15) is 28.5 Å². The Labute approximate surface area is 116 Å². The Morgan fingerprint density at radius 3 is 2.89 bits per heavy atom. The molecule has 0 bridgehead atoms. The van der Waals surface area contributed by atoms with Crippen molar-refractivity contribution in [2.24, 2.45) is 0 Å². The van der Waals surface area contributed by atoms with Gasteiger partial charge in [0.05, 0.1) is 25.8 Å². The largest absolute Gasteiger partial charge is 0.469 e. The van der Waals surface area contributed by atoms with Crippen LogP contribution in [-0.4, -0.2) is 13.1 Å². The average Bonchev–Trinajstić information content (AvgIpc) is 3.07. The van der Waals surface area contributed by atoms with Crippen LogP contribution < -0.4 is 5.32 Å². The highest BCUT2D eigenvalue weighted by atomic mass is 32.1. The number of hydrogen-bond acceptors (Lipinski definition) is 5. The number of carbonyl (C=O) groups excluding carboxylic acids is 1. The summed E-state index contributed by atoms with van der Waals surface area (Å²) in [5, 5.41) is 3.38. The Morgan fingerprint density at radius 2 is 2.21 bits per heavy atom. The molecule has 5 heteroatoms. The molecule has 0 aliphatic carbocycles. The van der Waals surface area contributed by atoms with Crippen molar-refractivity contribution in [3.63, 3.8) is 0 Å². The van der Waals surface area contributed by atoms with E-state index in [2.05, 4.69) is 17.0 Å². The molecule has 19 heavy (non-hydrogen) atoms. The molecule has 102 valence electrons. The predicted molar refractivity (Wildman–Crippen MR) is 74.0 cm³/mol. The summed E-state index contributed by atoms with van der Waals surface area (Å²) in [5.41, 5.74) is 0. The van der Waals surface area contributed by atoms with E-state index in [9.17, 15) is 4.79 Å². The van der Waals surface area contributed by atoms with Gasteiger partial charge in [0.15, 0.2) is 0 Å². The Hall–Kier alpha value is -1.59. The molecule has 0 spiro atoms. The first kappa shape index (κ1) is 13.8. The topological polar surface area (TPSA) is 51.5 Å². The zero-order valence-corrected chi connectivity index (χ0v) is 11.8. The number of furan rings is 1. The summed E-state index contributed by atoms with van der Waals surface area (Å²) in [7, 11) is 1.41. The van der Waals surface area contributed by atoms with Crippen LogP contribution in [0.4, 0.5) is 0 Å². The summed E-state index contributed by atoms with van der Waals surface area (Å²) in [6, 6.07) is 8.00. The van der Waals surface area contributed by atoms with Gasteiger partial charge in [0.1, 0.15) is 5.76 Å². The standard InChI is InChI=1S/C14H17NO3S/c1-10(13-4-3-7-18-13)15-9-12-6-5-11(19-12)8-14(16)17-2/h3-7,10,15H,8-9H2,1-2H3/t10-/m0/s1. The molecule has 1 N–H and O–H groups in total. The SMILES string of the molecule is COC(=O)Cc1ccc(CN[C@@H](C)c2ccco2)s1. The van der Waals surface area contributed by atoms with Crippen molar-refractivity contribution >= 4 is 17.3 Å². The monoisotopic (exact) mass is 279 g/mol. The minimum absolute atomic E-state index is 0.168. The van der Waals surface area contributed by atoms with Crippen LogP contribution in [0.5, 0.6) is 0 Å². The maximum atomic E-state index is 11.2. The molecule has 0 aliphatic rings. The van der Waals surface area contributed by atoms with Crippen molar-refractivity contribution < 1.29 is 13.9 Å². The first-order valence-electron chi connectivity index (χ1n) is 6.10. The zero-order chi connectivity index (χ0) is 13.7. The van der Waals surface area contributed by atoms with E-state index in [1.807, 2.05) is 24.3 Å². The number of hydrogen-bond donors (Lipinski definition) is 1. The van der Waals surface area contributed by atoms with Crippen LogP contribution in [0.15, 0.2) is 34.9 Å². The van der Waals surface area contributed by atoms with Gasteiger partial charge in [-0.15, -0.1) is 11.3 Å². The average molecular weight is 279 g/mol. The summed E-state index contributed by atoms with van der Waals surface area (Å²) in [6.07, 6.45) is 2.02. The molecule has 0 aromatic carbocycles. The predicted octanol–water partition coefficient (Wildman–Crippen LogP) is 2.91. The third-order valence-electron chi connectivity index (χ3n) is 2.82. The molecule has 2 heterocycles. The van der Waals surface area contributed by atoms with Crippen LogP contribution in [0.25, 0.3) is 0 Å². The summed E-state index contributed by atoms with van der Waals surface area (Å²) in [6.45, 7) is 2.81. The van der Waals surface area contributed by atoms with E-state index in [0.717, 1.165) is 17.2 Å². The normalized spacial score (nSPS) is 12.3. The van der Waals surface area contributed by atoms with Gasteiger partial charge in [0, 0.05) is 16.3 Å². The molecule has 0 fully saturated rings. The smallest absolute Gasteiger partial charge is 0.310 e. The first-order chi connectivity index (χ1) is 9.19. The molecular weight excluding hydrogens is 262 g/mol. The van der Waals surface area contributed by atoms with Crippen LogP contribution in [0.2, 0.25) is 0 Å². The lowest BCUT2D eigenvalue weighted by Gasteiger charge is -2.09. The number of carbonyl (C=O) groups is 1. The molecule has 0 saturated heterocycles. The highest BCUT2D eigenvalue weighted by Gasteiger charge is 2.09. The van der Waals surface area contributed by atoms with Crippen LogP contribution in [0, 0.1) is 0 Å². The number of thiophene rings is 1. The molecule has 0 unspecified atom stereocenters. The number of ether oxygens (including phenoxy) is 1. The lowest BCUT2D eigenvalue weighted by Crippen LogP contribution is -2.16. The molecule has 0 saturated carbocycles. The molecule has 2 aromatic heterocycles. The van der Waals surface area contributed by atoms with Gasteiger partial charge in [-0.1, -0.05) is 0 Å². The number of nitrogens with one attached hydrogen (secondary N) is 1. The van der Waals surface area contributed by atoms with Crippen molar-refractivity contribution in [1.82, 2.24) is 5.32 Å². The number of esters is 1. The Kier molecular flexibility index (Phi) is 4.76. The van der Waals surface area contributed by atoms with Crippen molar-refractivity contribution in [3.8, 4) is 0 Å².